The molecule has 11 aromatic rings. The summed E-state index contributed by atoms with van der Waals surface area (Å²) >= 11 is 0. The van der Waals surface area contributed by atoms with E-state index in [0.717, 1.165) is 111 Å². The van der Waals surface area contributed by atoms with E-state index in [4.69, 9.17) is 19.9 Å². The predicted molar refractivity (Wildman–Crippen MR) is 251 cm³/mol. The molecule has 4 aromatic heterocycles. The molecule has 0 fully saturated rings. The number of pyridine rings is 3. The van der Waals surface area contributed by atoms with Crippen molar-refractivity contribution in [1.29, 1.82) is 0 Å². The summed E-state index contributed by atoms with van der Waals surface area (Å²) in [5.74, 6) is 0.672. The largest absolute Gasteiger partial charge is 0.256 e. The molecule has 286 valence electrons. The summed E-state index contributed by atoms with van der Waals surface area (Å²) in [5.41, 5.74) is 17.2. The standard InChI is InChI=1S/C56H37N5/c1-36-23-24-41-29-30-48-49(34-51(38-12-4-2-5-13-38)59-55(48)54(41)58-36)44-18-8-16-42(32-44)37-25-27-40(28-26-37)53-35-52(39-14-6-3-7-15-39)60-56(61-53)45-19-9-17-43(33-45)46-20-10-22-50-47(46)21-11-31-57-50/h2-35H,1H3. The molecule has 4 heterocycles. The average Bonchev–Trinajstić information content (AvgIpc) is 3.34. The molecule has 61 heavy (non-hydrogen) atoms. The van der Waals surface area contributed by atoms with Crippen LogP contribution in [-0.4, -0.2) is 24.9 Å². The van der Waals surface area contributed by atoms with Gasteiger partial charge in [-0.3, -0.25) is 9.97 Å². The number of fused-ring (bicyclic) bond motifs is 4. The monoisotopic (exact) mass is 779 g/mol. The maximum atomic E-state index is 5.22. The van der Waals surface area contributed by atoms with Crippen molar-refractivity contribution in [3.05, 3.63) is 212 Å². The maximum absolute atomic E-state index is 5.22. The Morgan fingerprint density at radius 1 is 0.328 bits per heavy atom. The number of benzene rings is 7. The van der Waals surface area contributed by atoms with Gasteiger partial charge in [0.2, 0.25) is 0 Å². The lowest BCUT2D eigenvalue weighted by Gasteiger charge is -2.14. The Kier molecular flexibility index (Phi) is 8.98. The lowest BCUT2D eigenvalue weighted by molar-refractivity contribution is 1.18. The fraction of sp³-hybridized carbons (Fsp3) is 0.0179. The van der Waals surface area contributed by atoms with Gasteiger partial charge < -0.3 is 0 Å². The molecule has 11 rings (SSSR count). The average molecular weight is 780 g/mol. The first-order valence-corrected chi connectivity index (χ1v) is 20.5. The maximum Gasteiger partial charge on any atom is 0.160 e. The number of aromatic nitrogens is 5. The predicted octanol–water partition coefficient (Wildman–Crippen LogP) is 14.1. The van der Waals surface area contributed by atoms with Crippen molar-refractivity contribution in [2.75, 3.05) is 0 Å². The van der Waals surface area contributed by atoms with E-state index >= 15 is 0 Å². The van der Waals surface area contributed by atoms with E-state index in [1.54, 1.807) is 0 Å². The number of hydrogen-bond donors (Lipinski definition) is 0. The summed E-state index contributed by atoms with van der Waals surface area (Å²) in [6.07, 6.45) is 1.84. The second kappa shape index (κ2) is 15.2. The zero-order chi connectivity index (χ0) is 40.7. The molecule has 0 spiro atoms. The molecule has 0 saturated heterocycles. The number of nitrogens with zero attached hydrogens (tertiary/aromatic N) is 5. The SMILES string of the molecule is Cc1ccc2ccc3c(-c4cccc(-c5ccc(-c6cc(-c7ccccc7)nc(-c7cccc(-c8cccc9ncccc89)c7)n6)cc5)c4)cc(-c4ccccc4)nc3c2n1. The number of rotatable bonds is 7. The van der Waals surface area contributed by atoms with Crippen LogP contribution in [0.1, 0.15) is 5.69 Å². The summed E-state index contributed by atoms with van der Waals surface area (Å²) < 4.78 is 0. The molecule has 0 radical (unpaired) electrons. The van der Waals surface area contributed by atoms with Crippen LogP contribution in [-0.2, 0) is 0 Å². The van der Waals surface area contributed by atoms with Crippen LogP contribution in [0.5, 0.6) is 0 Å². The van der Waals surface area contributed by atoms with Gasteiger partial charge in [0, 0.05) is 50.3 Å². The minimum Gasteiger partial charge on any atom is -0.256 e. The summed E-state index contributed by atoms with van der Waals surface area (Å²) in [6, 6.07) is 69.9. The van der Waals surface area contributed by atoms with Gasteiger partial charge in [-0.25, -0.2) is 15.0 Å². The van der Waals surface area contributed by atoms with Crippen LogP contribution in [0.3, 0.4) is 0 Å². The van der Waals surface area contributed by atoms with Gasteiger partial charge >= 0.3 is 0 Å². The van der Waals surface area contributed by atoms with E-state index < -0.39 is 0 Å². The van der Waals surface area contributed by atoms with Gasteiger partial charge in [0.1, 0.15) is 0 Å². The molecular weight excluding hydrogens is 743 g/mol. The van der Waals surface area contributed by atoms with E-state index in [1.807, 2.05) is 49.5 Å². The van der Waals surface area contributed by atoms with Crippen LogP contribution in [0, 0.1) is 6.92 Å². The first-order chi connectivity index (χ1) is 30.1. The highest BCUT2D eigenvalue weighted by atomic mass is 14.9. The van der Waals surface area contributed by atoms with E-state index in [2.05, 4.69) is 169 Å². The molecule has 0 atom stereocenters. The highest BCUT2D eigenvalue weighted by molar-refractivity contribution is 6.09. The molecule has 0 saturated carbocycles. The third-order valence-corrected chi connectivity index (χ3v) is 11.4. The third-order valence-electron chi connectivity index (χ3n) is 11.4. The number of aryl methyl sites for hydroxylation is 1. The van der Waals surface area contributed by atoms with Crippen molar-refractivity contribution >= 4 is 32.7 Å². The number of hydrogen-bond acceptors (Lipinski definition) is 5. The first kappa shape index (κ1) is 36.0. The van der Waals surface area contributed by atoms with Crippen molar-refractivity contribution < 1.29 is 0 Å². The second-order valence-electron chi connectivity index (χ2n) is 15.3. The van der Waals surface area contributed by atoms with E-state index in [-0.39, 0.29) is 0 Å². The fourth-order valence-electron chi connectivity index (χ4n) is 8.33. The van der Waals surface area contributed by atoms with Crippen molar-refractivity contribution in [3.63, 3.8) is 0 Å². The van der Waals surface area contributed by atoms with Crippen molar-refractivity contribution in [3.8, 4) is 78.5 Å². The highest BCUT2D eigenvalue weighted by Crippen LogP contribution is 2.38. The molecule has 7 aromatic carbocycles. The van der Waals surface area contributed by atoms with Gasteiger partial charge in [-0.05, 0) is 82.8 Å². The molecule has 0 aliphatic heterocycles. The summed E-state index contributed by atoms with van der Waals surface area (Å²) in [6.45, 7) is 2.03. The van der Waals surface area contributed by atoms with E-state index in [9.17, 15) is 0 Å². The molecule has 0 aliphatic rings. The summed E-state index contributed by atoms with van der Waals surface area (Å²) in [7, 11) is 0. The van der Waals surface area contributed by atoms with Crippen LogP contribution < -0.4 is 0 Å². The molecule has 0 amide bonds. The second-order valence-corrected chi connectivity index (χ2v) is 15.3. The lowest BCUT2D eigenvalue weighted by atomic mass is 9.94. The van der Waals surface area contributed by atoms with Gasteiger partial charge in [0.05, 0.1) is 33.6 Å². The van der Waals surface area contributed by atoms with Crippen LogP contribution in [0.15, 0.2) is 206 Å². The van der Waals surface area contributed by atoms with Crippen LogP contribution in [0.4, 0.5) is 0 Å². The fourth-order valence-corrected chi connectivity index (χ4v) is 8.33. The summed E-state index contributed by atoms with van der Waals surface area (Å²) in [4.78, 5) is 25.1. The quantitative estimate of drug-likeness (QED) is 0.151. The van der Waals surface area contributed by atoms with Crippen LogP contribution >= 0.6 is 0 Å². The van der Waals surface area contributed by atoms with Crippen LogP contribution in [0.2, 0.25) is 0 Å². The van der Waals surface area contributed by atoms with Crippen LogP contribution in [0.25, 0.3) is 111 Å². The zero-order valence-corrected chi connectivity index (χ0v) is 33.4. The Balaban J connectivity index is 0.984. The van der Waals surface area contributed by atoms with Gasteiger partial charge in [-0.1, -0.05) is 158 Å². The summed E-state index contributed by atoms with van der Waals surface area (Å²) in [5, 5.41) is 3.26. The van der Waals surface area contributed by atoms with Gasteiger partial charge in [-0.2, -0.15) is 0 Å². The smallest absolute Gasteiger partial charge is 0.160 e. The Morgan fingerprint density at radius 2 is 0.918 bits per heavy atom. The van der Waals surface area contributed by atoms with E-state index in [0.29, 0.717) is 5.82 Å². The first-order valence-electron chi connectivity index (χ1n) is 20.5. The van der Waals surface area contributed by atoms with Crippen molar-refractivity contribution in [1.82, 2.24) is 24.9 Å². The molecule has 0 aliphatic carbocycles. The molecule has 0 N–H and O–H groups in total. The highest BCUT2D eigenvalue weighted by Gasteiger charge is 2.16. The zero-order valence-electron chi connectivity index (χ0n) is 33.4. The molecule has 5 nitrogen and oxygen atoms in total. The Morgan fingerprint density at radius 3 is 1.67 bits per heavy atom. The van der Waals surface area contributed by atoms with E-state index in [1.165, 1.54) is 0 Å². The van der Waals surface area contributed by atoms with Gasteiger partial charge in [0.25, 0.3) is 0 Å². The van der Waals surface area contributed by atoms with Crippen molar-refractivity contribution in [2.45, 2.75) is 6.92 Å². The third kappa shape index (κ3) is 6.88. The van der Waals surface area contributed by atoms with Gasteiger partial charge in [0.15, 0.2) is 5.82 Å². The Labute approximate surface area is 353 Å². The molecule has 0 bridgehead atoms. The normalized spacial score (nSPS) is 11.4. The molecule has 0 unspecified atom stereocenters. The minimum atomic E-state index is 0.672. The molecule has 5 heteroatoms. The van der Waals surface area contributed by atoms with Gasteiger partial charge in [-0.15, -0.1) is 0 Å². The Hall–Kier alpha value is -8.15. The Bertz CT molecular complexity index is 3410. The molecular formula is C56H37N5. The minimum absolute atomic E-state index is 0.672. The lowest BCUT2D eigenvalue weighted by Crippen LogP contribution is -1.96. The van der Waals surface area contributed by atoms with Crippen molar-refractivity contribution in [2.24, 2.45) is 0 Å². The topological polar surface area (TPSA) is 64.5 Å².